The van der Waals surface area contributed by atoms with Gasteiger partial charge in [0.15, 0.2) is 0 Å². The summed E-state index contributed by atoms with van der Waals surface area (Å²) in [5.41, 5.74) is 0. The molecule has 20 heavy (non-hydrogen) atoms. The first-order chi connectivity index (χ1) is 9.20. The van der Waals surface area contributed by atoms with E-state index < -0.39 is 28.1 Å². The molecular weight excluding hydrogens is 286 g/mol. The predicted molar refractivity (Wildman–Crippen MR) is 75.0 cm³/mol. The molecule has 0 bridgehead atoms. The third-order valence-electron chi connectivity index (χ3n) is 2.65. The molecule has 0 aliphatic heterocycles. The minimum absolute atomic E-state index is 0.0769. The molecule has 0 rings (SSSR count). The standard InChI is InChI=1S/C11H23N3O5S/c1-4-5-6-9(10(15)16)13-11(17)12-7-8-20(18,19)14(2)3/h9H,4-8H2,1-3H3,(H,15,16)(H2,12,13,17). The second kappa shape index (κ2) is 8.75. The van der Waals surface area contributed by atoms with Crippen molar-refractivity contribution in [3.8, 4) is 0 Å². The molecule has 0 heterocycles. The van der Waals surface area contributed by atoms with E-state index in [-0.39, 0.29) is 12.3 Å². The fraction of sp³-hybridized carbons (Fsp3) is 0.818. The van der Waals surface area contributed by atoms with Crippen molar-refractivity contribution < 1.29 is 23.1 Å². The third kappa shape index (κ3) is 7.29. The molecule has 0 aromatic carbocycles. The van der Waals surface area contributed by atoms with Crippen LogP contribution in [-0.4, -0.2) is 62.3 Å². The Kier molecular flexibility index (Phi) is 8.16. The lowest BCUT2D eigenvalue weighted by molar-refractivity contribution is -0.139. The molecule has 1 unspecified atom stereocenters. The monoisotopic (exact) mass is 309 g/mol. The average Bonchev–Trinajstić information content (AvgIpc) is 2.33. The summed E-state index contributed by atoms with van der Waals surface area (Å²) in [4.78, 5) is 22.4. The normalized spacial score (nSPS) is 13.0. The number of amides is 2. The van der Waals surface area contributed by atoms with Crippen LogP contribution in [0.2, 0.25) is 0 Å². The summed E-state index contributed by atoms with van der Waals surface area (Å²) in [5.74, 6) is -1.34. The molecule has 0 saturated heterocycles. The quantitative estimate of drug-likeness (QED) is 0.546. The Morgan fingerprint density at radius 2 is 1.90 bits per heavy atom. The van der Waals surface area contributed by atoms with Crippen molar-refractivity contribution in [3.05, 3.63) is 0 Å². The predicted octanol–water partition coefficient (Wildman–Crippen LogP) is -0.180. The Labute approximate surface area is 119 Å². The van der Waals surface area contributed by atoms with Crippen molar-refractivity contribution in [2.75, 3.05) is 26.4 Å². The molecule has 0 saturated carbocycles. The largest absolute Gasteiger partial charge is 0.480 e. The van der Waals surface area contributed by atoms with E-state index in [1.54, 1.807) is 0 Å². The third-order valence-corrected chi connectivity index (χ3v) is 4.48. The molecule has 118 valence electrons. The van der Waals surface area contributed by atoms with E-state index in [1.165, 1.54) is 14.1 Å². The van der Waals surface area contributed by atoms with E-state index in [4.69, 9.17) is 5.11 Å². The SMILES string of the molecule is CCCCC(NC(=O)NCCS(=O)(=O)N(C)C)C(=O)O. The maximum Gasteiger partial charge on any atom is 0.326 e. The highest BCUT2D eigenvalue weighted by Crippen LogP contribution is 2.00. The van der Waals surface area contributed by atoms with Crippen LogP contribution < -0.4 is 10.6 Å². The minimum Gasteiger partial charge on any atom is -0.480 e. The molecule has 8 nitrogen and oxygen atoms in total. The van der Waals surface area contributed by atoms with Gasteiger partial charge in [0.1, 0.15) is 6.04 Å². The van der Waals surface area contributed by atoms with Crippen LogP contribution >= 0.6 is 0 Å². The van der Waals surface area contributed by atoms with Crippen LogP contribution in [0.1, 0.15) is 26.2 Å². The van der Waals surface area contributed by atoms with Crippen LogP contribution in [-0.2, 0) is 14.8 Å². The van der Waals surface area contributed by atoms with Gasteiger partial charge in [0.25, 0.3) is 0 Å². The summed E-state index contributed by atoms with van der Waals surface area (Å²) in [6.45, 7) is 1.84. The molecule has 1 atom stereocenters. The van der Waals surface area contributed by atoms with E-state index in [0.29, 0.717) is 12.8 Å². The first-order valence-electron chi connectivity index (χ1n) is 6.38. The molecule has 0 aromatic heterocycles. The van der Waals surface area contributed by atoms with Gasteiger partial charge in [-0.15, -0.1) is 0 Å². The van der Waals surface area contributed by atoms with Crippen LogP contribution in [0.4, 0.5) is 4.79 Å². The molecule has 0 aromatic rings. The highest BCUT2D eigenvalue weighted by molar-refractivity contribution is 7.89. The molecular formula is C11H23N3O5S. The second-order valence-corrected chi connectivity index (χ2v) is 6.83. The molecule has 0 aliphatic rings. The lowest BCUT2D eigenvalue weighted by Crippen LogP contribution is -2.47. The number of carbonyl (C=O) groups excluding carboxylic acids is 1. The average molecular weight is 309 g/mol. The number of carbonyl (C=O) groups is 2. The van der Waals surface area contributed by atoms with Crippen LogP contribution in [0, 0.1) is 0 Å². The number of urea groups is 1. The number of sulfonamides is 1. The summed E-state index contributed by atoms with van der Waals surface area (Å²) in [6, 6.07) is -1.64. The topological polar surface area (TPSA) is 116 Å². The van der Waals surface area contributed by atoms with E-state index in [2.05, 4.69) is 10.6 Å². The summed E-state index contributed by atoms with van der Waals surface area (Å²) in [7, 11) is -0.572. The van der Waals surface area contributed by atoms with E-state index in [0.717, 1.165) is 10.7 Å². The van der Waals surface area contributed by atoms with E-state index >= 15 is 0 Å². The highest BCUT2D eigenvalue weighted by atomic mass is 32.2. The van der Waals surface area contributed by atoms with Crippen molar-refractivity contribution in [2.45, 2.75) is 32.2 Å². The Bertz CT molecular complexity index is 422. The summed E-state index contributed by atoms with van der Waals surface area (Å²) >= 11 is 0. The number of unbranched alkanes of at least 4 members (excludes halogenated alkanes) is 1. The molecule has 0 fully saturated rings. The number of carboxylic acid groups (broad SMARTS) is 1. The maximum absolute atomic E-state index is 11.5. The first-order valence-corrected chi connectivity index (χ1v) is 7.99. The number of hydrogen-bond acceptors (Lipinski definition) is 4. The summed E-state index contributed by atoms with van der Waals surface area (Å²) in [5, 5.41) is 13.6. The van der Waals surface area contributed by atoms with Gasteiger partial charge < -0.3 is 15.7 Å². The fourth-order valence-corrected chi connectivity index (χ4v) is 2.08. The Balaban J connectivity index is 4.18. The molecule has 0 spiro atoms. The van der Waals surface area contributed by atoms with Crippen molar-refractivity contribution in [1.29, 1.82) is 0 Å². The molecule has 0 radical (unpaired) electrons. The van der Waals surface area contributed by atoms with Crippen LogP contribution in [0.3, 0.4) is 0 Å². The molecule has 2 amide bonds. The molecule has 3 N–H and O–H groups in total. The van der Waals surface area contributed by atoms with Gasteiger partial charge in [-0.2, -0.15) is 0 Å². The Morgan fingerprint density at radius 1 is 1.30 bits per heavy atom. The van der Waals surface area contributed by atoms with Gasteiger partial charge in [-0.05, 0) is 6.42 Å². The van der Waals surface area contributed by atoms with Gasteiger partial charge in [-0.25, -0.2) is 22.3 Å². The van der Waals surface area contributed by atoms with Crippen molar-refractivity contribution in [3.63, 3.8) is 0 Å². The highest BCUT2D eigenvalue weighted by Gasteiger charge is 2.19. The number of rotatable bonds is 9. The van der Waals surface area contributed by atoms with Crippen molar-refractivity contribution in [1.82, 2.24) is 14.9 Å². The minimum atomic E-state index is -3.38. The lowest BCUT2D eigenvalue weighted by Gasteiger charge is -2.15. The maximum atomic E-state index is 11.5. The Hall–Kier alpha value is -1.35. The lowest BCUT2D eigenvalue weighted by atomic mass is 10.1. The van der Waals surface area contributed by atoms with Gasteiger partial charge in [0, 0.05) is 20.6 Å². The van der Waals surface area contributed by atoms with E-state index in [9.17, 15) is 18.0 Å². The van der Waals surface area contributed by atoms with Gasteiger partial charge in [0.2, 0.25) is 10.0 Å². The number of hydrogen-bond donors (Lipinski definition) is 3. The molecule has 9 heteroatoms. The van der Waals surface area contributed by atoms with Crippen molar-refractivity contribution in [2.24, 2.45) is 0 Å². The zero-order chi connectivity index (χ0) is 15.8. The number of aliphatic carboxylic acids is 1. The first kappa shape index (κ1) is 18.7. The van der Waals surface area contributed by atoms with Gasteiger partial charge >= 0.3 is 12.0 Å². The summed E-state index contributed by atoms with van der Waals surface area (Å²) in [6.07, 6.45) is 1.86. The zero-order valence-corrected chi connectivity index (χ0v) is 12.9. The fourth-order valence-electron chi connectivity index (χ4n) is 1.35. The van der Waals surface area contributed by atoms with Gasteiger partial charge in [0.05, 0.1) is 5.75 Å². The zero-order valence-electron chi connectivity index (χ0n) is 12.0. The van der Waals surface area contributed by atoms with Crippen LogP contribution in [0.5, 0.6) is 0 Å². The number of carboxylic acids is 1. The van der Waals surface area contributed by atoms with Crippen molar-refractivity contribution >= 4 is 22.0 Å². The Morgan fingerprint density at radius 3 is 2.35 bits per heavy atom. The summed E-state index contributed by atoms with van der Waals surface area (Å²) < 4.78 is 24.0. The molecule has 0 aliphatic carbocycles. The van der Waals surface area contributed by atoms with Crippen LogP contribution in [0.25, 0.3) is 0 Å². The number of nitrogens with one attached hydrogen (secondary N) is 2. The number of nitrogens with zero attached hydrogens (tertiary/aromatic N) is 1. The van der Waals surface area contributed by atoms with Crippen LogP contribution in [0.15, 0.2) is 0 Å². The van der Waals surface area contributed by atoms with E-state index in [1.807, 2.05) is 6.92 Å². The smallest absolute Gasteiger partial charge is 0.326 e. The van der Waals surface area contributed by atoms with Gasteiger partial charge in [-0.3, -0.25) is 0 Å². The second-order valence-electron chi connectivity index (χ2n) is 4.53. The van der Waals surface area contributed by atoms with Gasteiger partial charge in [-0.1, -0.05) is 19.8 Å².